The fraction of sp³-hybridized carbons (Fsp3) is 0.778. The highest BCUT2D eigenvalue weighted by Crippen LogP contribution is 2.35. The van der Waals surface area contributed by atoms with E-state index in [1.165, 1.54) is 0 Å². The molecule has 0 spiro atoms. The van der Waals surface area contributed by atoms with E-state index in [0.29, 0.717) is 11.0 Å². The van der Waals surface area contributed by atoms with Gasteiger partial charge in [0.05, 0.1) is 0 Å². The number of aromatic nitrogens is 3. The molecule has 0 aliphatic rings. The molecule has 80 valence electrons. The maximum Gasteiger partial charge on any atom is 0.154 e. The van der Waals surface area contributed by atoms with E-state index in [2.05, 4.69) is 26.2 Å². The Morgan fingerprint density at radius 2 is 2.14 bits per heavy atom. The van der Waals surface area contributed by atoms with E-state index < -0.39 is 5.60 Å². The van der Waals surface area contributed by atoms with E-state index in [0.717, 1.165) is 5.69 Å². The molecule has 0 bridgehead atoms. The summed E-state index contributed by atoms with van der Waals surface area (Å²) in [5.74, 6) is 0.126. The molecule has 0 aromatic carbocycles. The molecule has 1 N–H and O–H groups in total. The summed E-state index contributed by atoms with van der Waals surface area (Å²) in [6.07, 6.45) is 0.643. The third kappa shape index (κ3) is 1.70. The molecule has 1 heterocycles. The van der Waals surface area contributed by atoms with E-state index in [-0.39, 0.29) is 5.92 Å². The first-order chi connectivity index (χ1) is 6.43. The van der Waals surface area contributed by atoms with Gasteiger partial charge in [-0.05, 0) is 28.3 Å². The van der Waals surface area contributed by atoms with Gasteiger partial charge >= 0.3 is 0 Å². The van der Waals surface area contributed by atoms with Crippen LogP contribution in [0.3, 0.4) is 0 Å². The van der Waals surface area contributed by atoms with Crippen molar-refractivity contribution in [2.24, 2.45) is 13.0 Å². The second kappa shape index (κ2) is 3.98. The highest BCUT2D eigenvalue weighted by molar-refractivity contribution is 9.10. The van der Waals surface area contributed by atoms with Crippen LogP contribution in [-0.4, -0.2) is 20.1 Å². The van der Waals surface area contributed by atoms with Crippen molar-refractivity contribution in [2.75, 3.05) is 0 Å². The van der Waals surface area contributed by atoms with Gasteiger partial charge in [0.25, 0.3) is 0 Å². The van der Waals surface area contributed by atoms with Crippen molar-refractivity contribution < 1.29 is 5.11 Å². The summed E-state index contributed by atoms with van der Waals surface area (Å²) in [5.41, 5.74) is -0.119. The Balaban J connectivity index is 3.25. The van der Waals surface area contributed by atoms with Gasteiger partial charge < -0.3 is 5.11 Å². The largest absolute Gasteiger partial charge is 0.383 e. The summed E-state index contributed by atoms with van der Waals surface area (Å²) in [6, 6.07) is 0. The smallest absolute Gasteiger partial charge is 0.154 e. The lowest BCUT2D eigenvalue weighted by Crippen LogP contribution is -2.33. The lowest BCUT2D eigenvalue weighted by Gasteiger charge is -2.30. The molecule has 0 radical (unpaired) electrons. The normalized spacial score (nSPS) is 15.9. The van der Waals surface area contributed by atoms with Gasteiger partial charge in [-0.1, -0.05) is 26.0 Å². The van der Waals surface area contributed by atoms with Crippen LogP contribution in [0.2, 0.25) is 0 Å². The van der Waals surface area contributed by atoms with Gasteiger partial charge in [-0.2, -0.15) is 0 Å². The minimum atomic E-state index is -0.864. The van der Waals surface area contributed by atoms with Crippen LogP contribution in [0.4, 0.5) is 0 Å². The van der Waals surface area contributed by atoms with Crippen LogP contribution in [0.1, 0.15) is 32.9 Å². The maximum atomic E-state index is 10.5. The topological polar surface area (TPSA) is 50.9 Å². The van der Waals surface area contributed by atoms with Gasteiger partial charge in [0.2, 0.25) is 0 Å². The van der Waals surface area contributed by atoms with E-state index in [1.54, 1.807) is 11.7 Å². The standard InChI is InChI=1S/C9H16BrN3O/c1-5-9(14,6(2)3)7-8(10)11-12-13(7)4/h6,14H,5H2,1-4H3. The molecule has 1 atom stereocenters. The first-order valence-corrected chi connectivity index (χ1v) is 5.50. The van der Waals surface area contributed by atoms with Crippen LogP contribution in [0.15, 0.2) is 4.60 Å². The van der Waals surface area contributed by atoms with Gasteiger partial charge in [0.15, 0.2) is 4.60 Å². The van der Waals surface area contributed by atoms with Crippen LogP contribution in [0.5, 0.6) is 0 Å². The second-order valence-corrected chi connectivity index (χ2v) is 4.54. The summed E-state index contributed by atoms with van der Waals surface area (Å²) in [7, 11) is 1.79. The zero-order valence-electron chi connectivity index (χ0n) is 8.95. The molecule has 1 rings (SSSR count). The SMILES string of the molecule is CCC(O)(c1c(Br)nnn1C)C(C)C. The molecule has 0 aliphatic carbocycles. The number of hydrogen-bond donors (Lipinski definition) is 1. The molecule has 0 aliphatic heterocycles. The number of hydrogen-bond acceptors (Lipinski definition) is 3. The Morgan fingerprint density at radius 3 is 2.43 bits per heavy atom. The third-order valence-electron chi connectivity index (χ3n) is 2.69. The lowest BCUT2D eigenvalue weighted by atomic mass is 9.85. The minimum Gasteiger partial charge on any atom is -0.383 e. The lowest BCUT2D eigenvalue weighted by molar-refractivity contribution is -0.0220. The zero-order valence-corrected chi connectivity index (χ0v) is 10.5. The van der Waals surface area contributed by atoms with Gasteiger partial charge in [-0.25, -0.2) is 4.68 Å². The number of halogens is 1. The third-order valence-corrected chi connectivity index (χ3v) is 3.22. The molecular weight excluding hydrogens is 246 g/mol. The number of rotatable bonds is 3. The molecule has 1 aromatic heterocycles. The fourth-order valence-electron chi connectivity index (χ4n) is 1.64. The minimum absolute atomic E-state index is 0.126. The van der Waals surface area contributed by atoms with Crippen molar-refractivity contribution in [2.45, 2.75) is 32.8 Å². The number of aliphatic hydroxyl groups is 1. The van der Waals surface area contributed by atoms with Crippen molar-refractivity contribution in [3.05, 3.63) is 10.3 Å². The van der Waals surface area contributed by atoms with Gasteiger partial charge in [-0.15, -0.1) is 5.10 Å². The summed E-state index contributed by atoms with van der Waals surface area (Å²) in [6.45, 7) is 5.94. The van der Waals surface area contributed by atoms with Crippen LogP contribution < -0.4 is 0 Å². The van der Waals surface area contributed by atoms with Crippen molar-refractivity contribution >= 4 is 15.9 Å². The van der Waals surface area contributed by atoms with Crippen molar-refractivity contribution in [3.8, 4) is 0 Å². The second-order valence-electron chi connectivity index (χ2n) is 3.78. The van der Waals surface area contributed by atoms with E-state index >= 15 is 0 Å². The number of nitrogens with zero attached hydrogens (tertiary/aromatic N) is 3. The number of aryl methyl sites for hydroxylation is 1. The highest BCUT2D eigenvalue weighted by atomic mass is 79.9. The summed E-state index contributed by atoms with van der Waals surface area (Å²) >= 11 is 3.31. The molecule has 4 nitrogen and oxygen atoms in total. The molecular formula is C9H16BrN3O. The Morgan fingerprint density at radius 1 is 1.57 bits per heavy atom. The van der Waals surface area contributed by atoms with Gasteiger partial charge in [0.1, 0.15) is 11.3 Å². The fourth-order valence-corrected chi connectivity index (χ4v) is 2.31. The van der Waals surface area contributed by atoms with Crippen molar-refractivity contribution in [1.29, 1.82) is 0 Å². The summed E-state index contributed by atoms with van der Waals surface area (Å²) < 4.78 is 2.24. The van der Waals surface area contributed by atoms with Crippen LogP contribution in [0, 0.1) is 5.92 Å². The Hall–Kier alpha value is -0.420. The molecule has 1 unspecified atom stereocenters. The predicted octanol–water partition coefficient (Wildman–Crippen LogP) is 1.83. The molecule has 0 amide bonds. The first kappa shape index (κ1) is 11.7. The van der Waals surface area contributed by atoms with Crippen molar-refractivity contribution in [3.63, 3.8) is 0 Å². The van der Waals surface area contributed by atoms with E-state index in [1.807, 2.05) is 20.8 Å². The maximum absolute atomic E-state index is 10.5. The molecule has 0 fully saturated rings. The van der Waals surface area contributed by atoms with Crippen LogP contribution >= 0.6 is 15.9 Å². The average molecular weight is 262 g/mol. The predicted molar refractivity (Wildman–Crippen MR) is 57.7 cm³/mol. The highest BCUT2D eigenvalue weighted by Gasteiger charge is 2.36. The Bertz CT molecular complexity index is 304. The molecule has 1 aromatic rings. The molecule has 14 heavy (non-hydrogen) atoms. The molecule has 0 saturated carbocycles. The molecule has 0 saturated heterocycles. The Kier molecular flexibility index (Phi) is 3.32. The monoisotopic (exact) mass is 261 g/mol. The Labute approximate surface area is 92.4 Å². The first-order valence-electron chi connectivity index (χ1n) is 4.71. The summed E-state index contributed by atoms with van der Waals surface area (Å²) in [4.78, 5) is 0. The quantitative estimate of drug-likeness (QED) is 0.904. The average Bonchev–Trinajstić information content (AvgIpc) is 2.45. The van der Waals surface area contributed by atoms with E-state index in [9.17, 15) is 5.11 Å². The summed E-state index contributed by atoms with van der Waals surface area (Å²) in [5, 5.41) is 18.2. The van der Waals surface area contributed by atoms with Crippen LogP contribution in [-0.2, 0) is 12.6 Å². The zero-order chi connectivity index (χ0) is 10.9. The van der Waals surface area contributed by atoms with Gasteiger partial charge in [-0.3, -0.25) is 0 Å². The van der Waals surface area contributed by atoms with Gasteiger partial charge in [0, 0.05) is 7.05 Å². The van der Waals surface area contributed by atoms with Crippen LogP contribution in [0.25, 0.3) is 0 Å². The van der Waals surface area contributed by atoms with Crippen molar-refractivity contribution in [1.82, 2.24) is 15.0 Å². The van der Waals surface area contributed by atoms with E-state index in [4.69, 9.17) is 0 Å². The molecule has 5 heteroatoms.